The highest BCUT2D eigenvalue weighted by Gasteiger charge is 2.33. The van der Waals surface area contributed by atoms with Crippen LogP contribution in [0, 0.1) is 10.1 Å². The zero-order valence-corrected chi connectivity index (χ0v) is 28.0. The monoisotopic (exact) mass is 713 g/mol. The molecule has 0 aliphatic carbocycles. The van der Waals surface area contributed by atoms with E-state index in [-0.39, 0.29) is 43.1 Å². The van der Waals surface area contributed by atoms with Crippen LogP contribution in [0.5, 0.6) is 0 Å². The number of nitro groups is 1. The number of nitro benzene ring substituents is 1. The largest absolute Gasteiger partial charge is 0.481 e. The zero-order valence-electron chi connectivity index (χ0n) is 28.0. The Hall–Kier alpha value is -6.11. The fourth-order valence-corrected chi connectivity index (χ4v) is 4.70. The van der Waals surface area contributed by atoms with E-state index in [1.54, 1.807) is 30.3 Å². The van der Waals surface area contributed by atoms with Gasteiger partial charge in [0, 0.05) is 44.1 Å². The summed E-state index contributed by atoms with van der Waals surface area (Å²) < 4.78 is 0. The minimum Gasteiger partial charge on any atom is -0.481 e. The maximum atomic E-state index is 13.5. The molecule has 0 heterocycles. The van der Waals surface area contributed by atoms with Crippen molar-refractivity contribution in [3.8, 4) is 0 Å². The van der Waals surface area contributed by atoms with Crippen molar-refractivity contribution in [3.63, 3.8) is 0 Å². The van der Waals surface area contributed by atoms with Crippen LogP contribution in [0.4, 0.5) is 11.4 Å². The smallest absolute Gasteiger partial charge is 0.303 e. The summed E-state index contributed by atoms with van der Waals surface area (Å²) in [5, 5.41) is 43.1. The summed E-state index contributed by atoms with van der Waals surface area (Å²) in [7, 11) is 0. The molecule has 5 amide bonds. The van der Waals surface area contributed by atoms with Crippen LogP contribution in [-0.4, -0.2) is 93.4 Å². The highest BCUT2D eigenvalue weighted by Crippen LogP contribution is 2.16. The molecule has 2 aromatic carbocycles. The number of hydrogen-bond acceptors (Lipinski definition) is 10. The summed E-state index contributed by atoms with van der Waals surface area (Å²) in [6.45, 7) is 2.51. The van der Waals surface area contributed by atoms with Gasteiger partial charge in [0.2, 0.25) is 29.5 Å². The number of nitrogens with one attached hydrogen (secondary N) is 5. The van der Waals surface area contributed by atoms with Crippen molar-refractivity contribution in [1.29, 1.82) is 0 Å². The Labute approximate surface area is 292 Å². The van der Waals surface area contributed by atoms with E-state index < -0.39 is 83.5 Å². The molecule has 5 atom stereocenters. The molecular weight excluding hydrogens is 670 g/mol. The van der Waals surface area contributed by atoms with Gasteiger partial charge in [-0.25, -0.2) is 0 Å². The fraction of sp³-hybridized carbons (Fsp3) is 0.406. The van der Waals surface area contributed by atoms with Gasteiger partial charge in [0.1, 0.15) is 24.2 Å². The number of carboxylic acid groups (broad SMARTS) is 1. The van der Waals surface area contributed by atoms with Crippen molar-refractivity contribution in [1.82, 2.24) is 21.3 Å². The van der Waals surface area contributed by atoms with E-state index >= 15 is 0 Å². The number of rotatable bonds is 20. The Kier molecular flexibility index (Phi) is 16.4. The first kappa shape index (κ1) is 41.1. The number of nitrogens with zero attached hydrogens (tertiary/aromatic N) is 2. The molecule has 276 valence electrons. The normalized spacial score (nSPS) is 13.5. The van der Waals surface area contributed by atoms with Gasteiger partial charge in [0.25, 0.3) is 5.69 Å². The van der Waals surface area contributed by atoms with E-state index in [2.05, 4.69) is 31.6 Å². The van der Waals surface area contributed by atoms with Crippen molar-refractivity contribution < 1.29 is 43.9 Å². The Morgan fingerprint density at radius 3 is 1.96 bits per heavy atom. The molecule has 0 unspecified atom stereocenters. The van der Waals surface area contributed by atoms with Crippen LogP contribution in [0.25, 0.3) is 0 Å². The molecule has 0 aliphatic heterocycles. The Morgan fingerprint density at radius 2 is 1.41 bits per heavy atom. The molecule has 11 N–H and O–H groups in total. The number of anilines is 1. The first-order valence-electron chi connectivity index (χ1n) is 15.8. The number of amides is 5. The van der Waals surface area contributed by atoms with Crippen LogP contribution < -0.4 is 38.1 Å². The van der Waals surface area contributed by atoms with Crippen molar-refractivity contribution in [2.45, 2.75) is 76.2 Å². The molecule has 0 fully saturated rings. The van der Waals surface area contributed by atoms with E-state index in [0.717, 1.165) is 0 Å². The highest BCUT2D eigenvalue weighted by molar-refractivity contribution is 5.99. The van der Waals surface area contributed by atoms with Gasteiger partial charge in [-0.05, 0) is 43.9 Å². The maximum absolute atomic E-state index is 13.5. The summed E-state index contributed by atoms with van der Waals surface area (Å²) >= 11 is 0. The van der Waals surface area contributed by atoms with E-state index in [9.17, 15) is 49.1 Å². The standard InChI is InChI=1S/C32H43N9O10/c1-18(42)27(40-29(47)24(14-15-26(44)45)38-28(46)23(36-19(2)43)9-6-16-35-32(33)34)31(49)39-25(17-20-7-4-3-5-8-20)30(48)37-21-10-12-22(13-11-21)41(50)51/h3-5,7-8,10-13,18,23-25,27,42H,6,9,14-17H2,1-2H3,(H,36,43)(H,37,48)(H,38,46)(H,39,49)(H,40,47)(H,44,45)(H4,33,34,35)/t18-,23+,24+,25-,27-/m0/s1. The number of guanidine groups is 1. The third-order valence-electron chi connectivity index (χ3n) is 7.24. The molecule has 2 aromatic rings. The Morgan fingerprint density at radius 1 is 0.824 bits per heavy atom. The molecule has 0 bridgehead atoms. The summed E-state index contributed by atoms with van der Waals surface area (Å²) in [6.07, 6.45) is -2.25. The number of non-ortho nitro benzene ring substituents is 1. The lowest BCUT2D eigenvalue weighted by Crippen LogP contribution is -2.60. The van der Waals surface area contributed by atoms with Gasteiger partial charge in [0.05, 0.1) is 11.0 Å². The summed E-state index contributed by atoms with van der Waals surface area (Å²) in [5.74, 6) is -5.58. The molecule has 0 saturated carbocycles. The van der Waals surface area contributed by atoms with Crippen LogP contribution in [0.1, 0.15) is 45.1 Å². The SMILES string of the molecule is CC(=O)N[C@H](CCCN=C(N)N)C(=O)N[C@H](CCC(=O)O)C(=O)N[C@H](C(=O)N[C@@H](Cc1ccccc1)C(=O)Nc1ccc([N+](=O)[O-])cc1)[C@H](C)O. The number of carbonyl (C=O) groups is 6. The van der Waals surface area contributed by atoms with Crippen LogP contribution in [0.3, 0.4) is 0 Å². The second-order valence-electron chi connectivity index (χ2n) is 11.5. The summed E-state index contributed by atoms with van der Waals surface area (Å²) in [4.78, 5) is 90.9. The molecule has 0 aromatic heterocycles. The van der Waals surface area contributed by atoms with Crippen LogP contribution in [0.2, 0.25) is 0 Å². The number of aliphatic hydroxyl groups is 1. The third-order valence-corrected chi connectivity index (χ3v) is 7.24. The molecule has 0 spiro atoms. The van der Waals surface area contributed by atoms with Gasteiger partial charge >= 0.3 is 5.97 Å². The molecule has 51 heavy (non-hydrogen) atoms. The second-order valence-corrected chi connectivity index (χ2v) is 11.5. The summed E-state index contributed by atoms with van der Waals surface area (Å²) in [5.41, 5.74) is 11.3. The van der Waals surface area contributed by atoms with Crippen molar-refractivity contribution in [2.75, 3.05) is 11.9 Å². The fourth-order valence-electron chi connectivity index (χ4n) is 4.70. The van der Waals surface area contributed by atoms with E-state index in [4.69, 9.17) is 11.5 Å². The molecule has 19 heteroatoms. The number of aliphatic imine (C=N–C) groups is 1. The molecule has 0 aliphatic rings. The molecule has 0 saturated heterocycles. The number of aliphatic hydroxyl groups excluding tert-OH is 1. The molecular formula is C32H43N9O10. The van der Waals surface area contributed by atoms with E-state index in [0.29, 0.717) is 5.56 Å². The van der Waals surface area contributed by atoms with E-state index in [1.165, 1.54) is 38.1 Å². The lowest BCUT2D eigenvalue weighted by molar-refractivity contribution is -0.384. The predicted molar refractivity (Wildman–Crippen MR) is 184 cm³/mol. The number of aliphatic carboxylic acids is 1. The topological polar surface area (TPSA) is 311 Å². The molecule has 19 nitrogen and oxygen atoms in total. The van der Waals surface area contributed by atoms with Gasteiger partial charge < -0.3 is 48.3 Å². The highest BCUT2D eigenvalue weighted by atomic mass is 16.6. The van der Waals surface area contributed by atoms with Gasteiger partial charge in [-0.15, -0.1) is 0 Å². The second kappa shape index (κ2) is 20.4. The number of carbonyl (C=O) groups excluding carboxylic acids is 5. The van der Waals surface area contributed by atoms with Crippen molar-refractivity contribution >= 4 is 52.8 Å². The average molecular weight is 714 g/mol. The number of benzene rings is 2. The Balaban J connectivity index is 2.27. The van der Waals surface area contributed by atoms with Gasteiger partial charge in [-0.3, -0.25) is 43.9 Å². The average Bonchev–Trinajstić information content (AvgIpc) is 3.06. The maximum Gasteiger partial charge on any atom is 0.303 e. The van der Waals surface area contributed by atoms with Crippen molar-refractivity contribution in [3.05, 3.63) is 70.3 Å². The molecule has 0 radical (unpaired) electrons. The van der Waals surface area contributed by atoms with Gasteiger partial charge in [-0.2, -0.15) is 0 Å². The Bertz CT molecular complexity index is 1560. The predicted octanol–water partition coefficient (Wildman–Crippen LogP) is -0.966. The number of carboxylic acids is 1. The van der Waals surface area contributed by atoms with Crippen LogP contribution in [0.15, 0.2) is 59.6 Å². The van der Waals surface area contributed by atoms with Gasteiger partial charge in [0.15, 0.2) is 5.96 Å². The first-order valence-corrected chi connectivity index (χ1v) is 15.8. The first-order chi connectivity index (χ1) is 24.1. The zero-order chi connectivity index (χ0) is 38.1. The lowest BCUT2D eigenvalue weighted by Gasteiger charge is -2.27. The van der Waals surface area contributed by atoms with Crippen LogP contribution >= 0.6 is 0 Å². The molecule has 2 rings (SSSR count). The third kappa shape index (κ3) is 14.9. The minimum absolute atomic E-state index is 0.0309. The lowest BCUT2D eigenvalue weighted by atomic mass is 10.0. The van der Waals surface area contributed by atoms with E-state index in [1.807, 2.05) is 0 Å². The quantitative estimate of drug-likeness (QED) is 0.0263. The minimum atomic E-state index is -1.68. The number of hydrogen-bond donors (Lipinski definition) is 9. The van der Waals surface area contributed by atoms with Gasteiger partial charge in [-0.1, -0.05) is 30.3 Å². The van der Waals surface area contributed by atoms with Crippen LogP contribution in [-0.2, 0) is 35.2 Å². The summed E-state index contributed by atoms with van der Waals surface area (Å²) in [6, 6.07) is 7.94. The van der Waals surface area contributed by atoms with Crippen molar-refractivity contribution in [2.24, 2.45) is 16.5 Å². The number of nitrogens with two attached hydrogens (primary N) is 2.